The number of carbonyl (C=O) groups excluding carboxylic acids is 1. The normalized spacial score (nSPS) is 14.4. The zero-order valence-corrected chi connectivity index (χ0v) is 19.4. The minimum absolute atomic E-state index is 0.0202. The lowest BCUT2D eigenvalue weighted by Crippen LogP contribution is -2.27. The average Bonchev–Trinajstić information content (AvgIpc) is 3.42. The maximum atomic E-state index is 13.0. The highest BCUT2D eigenvalue weighted by Crippen LogP contribution is 2.23. The number of imidazole rings is 1. The molecule has 2 aromatic carbocycles. The minimum Gasteiger partial charge on any atom is -0.494 e. The minimum atomic E-state index is -3.69. The van der Waals surface area contributed by atoms with Crippen molar-refractivity contribution in [1.29, 1.82) is 0 Å². The lowest BCUT2D eigenvalue weighted by molar-refractivity contribution is 0.0793. The highest BCUT2D eigenvalue weighted by molar-refractivity contribution is 7.89. The van der Waals surface area contributed by atoms with Crippen LogP contribution in [0.15, 0.2) is 47.4 Å². The topological polar surface area (TPSA) is 84.7 Å². The van der Waals surface area contributed by atoms with E-state index in [1.807, 2.05) is 35.6 Å². The third kappa shape index (κ3) is 4.22. The van der Waals surface area contributed by atoms with E-state index in [4.69, 9.17) is 4.74 Å². The van der Waals surface area contributed by atoms with Gasteiger partial charge in [-0.05, 0) is 62.2 Å². The molecule has 3 aromatic rings. The Morgan fingerprint density at radius 2 is 1.81 bits per heavy atom. The molecule has 1 amide bonds. The molecule has 170 valence electrons. The van der Waals surface area contributed by atoms with Gasteiger partial charge in [0.1, 0.15) is 11.6 Å². The standard InChI is InChI=1S/C23H28N4O4S/c1-4-31-18-8-10-19(11-9-18)32(29,30)25(2)16-22-24-20-15-17(7-12-21(20)26(22)3)23(28)27-13-5-6-14-27/h7-12,15H,4-6,13-14,16H2,1-3H3. The van der Waals surface area contributed by atoms with E-state index in [0.717, 1.165) is 31.4 Å². The molecule has 1 aromatic heterocycles. The van der Waals surface area contributed by atoms with Crippen molar-refractivity contribution in [2.24, 2.45) is 7.05 Å². The number of rotatable bonds is 7. The summed E-state index contributed by atoms with van der Waals surface area (Å²) in [6.45, 7) is 4.08. The van der Waals surface area contributed by atoms with Gasteiger partial charge in [-0.25, -0.2) is 13.4 Å². The number of sulfonamides is 1. The third-order valence-electron chi connectivity index (χ3n) is 5.82. The van der Waals surface area contributed by atoms with Gasteiger partial charge >= 0.3 is 0 Å². The molecule has 0 saturated carbocycles. The van der Waals surface area contributed by atoms with Crippen LogP contribution in [0.5, 0.6) is 5.75 Å². The Labute approximate surface area is 188 Å². The predicted molar refractivity (Wildman–Crippen MR) is 122 cm³/mol. The zero-order chi connectivity index (χ0) is 22.9. The largest absolute Gasteiger partial charge is 0.494 e. The zero-order valence-electron chi connectivity index (χ0n) is 18.6. The molecule has 0 aliphatic carbocycles. The summed E-state index contributed by atoms with van der Waals surface area (Å²) in [5.74, 6) is 1.25. The van der Waals surface area contributed by atoms with Gasteiger partial charge in [0.25, 0.3) is 5.91 Å². The van der Waals surface area contributed by atoms with E-state index in [2.05, 4.69) is 4.98 Å². The molecular weight excluding hydrogens is 428 g/mol. The van der Waals surface area contributed by atoms with Gasteiger partial charge in [-0.15, -0.1) is 0 Å². The van der Waals surface area contributed by atoms with Crippen molar-refractivity contribution in [3.8, 4) is 5.75 Å². The van der Waals surface area contributed by atoms with Gasteiger partial charge < -0.3 is 14.2 Å². The lowest BCUT2D eigenvalue weighted by Gasteiger charge is -2.17. The smallest absolute Gasteiger partial charge is 0.253 e. The van der Waals surface area contributed by atoms with Crippen LogP contribution in [0.3, 0.4) is 0 Å². The number of carbonyl (C=O) groups is 1. The molecular formula is C23H28N4O4S. The van der Waals surface area contributed by atoms with Crippen LogP contribution in [0.25, 0.3) is 11.0 Å². The van der Waals surface area contributed by atoms with E-state index in [0.29, 0.717) is 29.3 Å². The molecule has 8 nitrogen and oxygen atoms in total. The van der Waals surface area contributed by atoms with Crippen LogP contribution in [0.1, 0.15) is 35.9 Å². The predicted octanol–water partition coefficient (Wildman–Crippen LogP) is 3.03. The maximum Gasteiger partial charge on any atom is 0.253 e. The molecule has 0 N–H and O–H groups in total. The van der Waals surface area contributed by atoms with E-state index < -0.39 is 10.0 Å². The van der Waals surface area contributed by atoms with Crippen LogP contribution >= 0.6 is 0 Å². The molecule has 0 spiro atoms. The van der Waals surface area contributed by atoms with Gasteiger partial charge in [0.2, 0.25) is 10.0 Å². The molecule has 0 atom stereocenters. The van der Waals surface area contributed by atoms with E-state index in [1.54, 1.807) is 30.3 Å². The second kappa shape index (κ2) is 8.91. The van der Waals surface area contributed by atoms with Crippen molar-refractivity contribution < 1.29 is 17.9 Å². The summed E-state index contributed by atoms with van der Waals surface area (Å²) in [4.78, 5) is 19.4. The number of fused-ring (bicyclic) bond motifs is 1. The van der Waals surface area contributed by atoms with Crippen LogP contribution in [0, 0.1) is 0 Å². The number of aryl methyl sites for hydroxylation is 1. The summed E-state index contributed by atoms with van der Waals surface area (Å²) in [5.41, 5.74) is 2.14. The Bertz CT molecular complexity index is 1230. The highest BCUT2D eigenvalue weighted by atomic mass is 32.2. The number of ether oxygens (including phenoxy) is 1. The monoisotopic (exact) mass is 456 g/mol. The quantitative estimate of drug-likeness (QED) is 0.546. The lowest BCUT2D eigenvalue weighted by atomic mass is 10.2. The number of hydrogen-bond donors (Lipinski definition) is 0. The summed E-state index contributed by atoms with van der Waals surface area (Å²) in [6, 6.07) is 11.9. The highest BCUT2D eigenvalue weighted by Gasteiger charge is 2.24. The summed E-state index contributed by atoms with van der Waals surface area (Å²) in [5, 5.41) is 0. The van der Waals surface area contributed by atoms with Crippen LogP contribution in [-0.4, -0.2) is 59.8 Å². The molecule has 2 heterocycles. The van der Waals surface area contributed by atoms with Gasteiger partial charge in [0.15, 0.2) is 0 Å². The fraction of sp³-hybridized carbons (Fsp3) is 0.391. The molecule has 4 rings (SSSR count). The number of aromatic nitrogens is 2. The second-order valence-corrected chi connectivity index (χ2v) is 10.0. The Balaban J connectivity index is 1.56. The molecule has 0 radical (unpaired) electrons. The van der Waals surface area contributed by atoms with Crippen LogP contribution in [0.4, 0.5) is 0 Å². The first-order chi connectivity index (χ1) is 15.3. The number of amides is 1. The molecule has 0 bridgehead atoms. The maximum absolute atomic E-state index is 13.0. The molecule has 0 unspecified atom stereocenters. The number of likely N-dealkylation sites (tertiary alicyclic amines) is 1. The Kier molecular flexibility index (Phi) is 6.21. The van der Waals surface area contributed by atoms with Crippen LogP contribution in [-0.2, 0) is 23.6 Å². The van der Waals surface area contributed by atoms with E-state index in [-0.39, 0.29) is 17.3 Å². The Hall–Kier alpha value is -2.91. The first-order valence-corrected chi connectivity index (χ1v) is 12.2. The molecule has 1 saturated heterocycles. The first kappa shape index (κ1) is 22.3. The fourth-order valence-electron chi connectivity index (χ4n) is 3.97. The molecule has 1 aliphatic rings. The van der Waals surface area contributed by atoms with Crippen molar-refractivity contribution in [1.82, 2.24) is 18.8 Å². The molecule has 9 heteroatoms. The molecule has 1 fully saturated rings. The van der Waals surface area contributed by atoms with Crippen molar-refractivity contribution in [2.75, 3.05) is 26.7 Å². The van der Waals surface area contributed by atoms with Crippen molar-refractivity contribution in [3.63, 3.8) is 0 Å². The second-order valence-electron chi connectivity index (χ2n) is 7.96. The number of benzene rings is 2. The van der Waals surface area contributed by atoms with E-state index in [1.165, 1.54) is 11.4 Å². The Morgan fingerprint density at radius 3 is 2.47 bits per heavy atom. The van der Waals surface area contributed by atoms with Crippen molar-refractivity contribution in [2.45, 2.75) is 31.2 Å². The summed E-state index contributed by atoms with van der Waals surface area (Å²) < 4.78 is 34.6. The number of nitrogens with zero attached hydrogens (tertiary/aromatic N) is 4. The fourth-order valence-corrected chi connectivity index (χ4v) is 5.09. The van der Waals surface area contributed by atoms with E-state index in [9.17, 15) is 13.2 Å². The van der Waals surface area contributed by atoms with E-state index >= 15 is 0 Å². The molecule has 32 heavy (non-hydrogen) atoms. The Morgan fingerprint density at radius 1 is 1.12 bits per heavy atom. The number of hydrogen-bond acceptors (Lipinski definition) is 5. The van der Waals surface area contributed by atoms with Gasteiger partial charge in [0.05, 0.1) is 29.1 Å². The average molecular weight is 457 g/mol. The van der Waals surface area contributed by atoms with Gasteiger partial charge in [-0.2, -0.15) is 4.31 Å². The van der Waals surface area contributed by atoms with Crippen LogP contribution in [0.2, 0.25) is 0 Å². The van der Waals surface area contributed by atoms with Crippen molar-refractivity contribution >= 4 is 27.0 Å². The summed E-state index contributed by atoms with van der Waals surface area (Å²) in [6.07, 6.45) is 2.08. The van der Waals surface area contributed by atoms with Gasteiger partial charge in [-0.3, -0.25) is 4.79 Å². The van der Waals surface area contributed by atoms with Crippen LogP contribution < -0.4 is 4.74 Å². The first-order valence-electron chi connectivity index (χ1n) is 10.7. The molecule has 1 aliphatic heterocycles. The third-order valence-corrected chi connectivity index (χ3v) is 7.64. The summed E-state index contributed by atoms with van der Waals surface area (Å²) in [7, 11) is -0.306. The van der Waals surface area contributed by atoms with Crippen molar-refractivity contribution in [3.05, 3.63) is 53.9 Å². The van der Waals surface area contributed by atoms with Gasteiger partial charge in [0, 0.05) is 32.7 Å². The summed E-state index contributed by atoms with van der Waals surface area (Å²) >= 11 is 0. The SMILES string of the molecule is CCOc1ccc(S(=O)(=O)N(C)Cc2nc3cc(C(=O)N4CCCC4)ccc3n2C)cc1. The van der Waals surface area contributed by atoms with Gasteiger partial charge in [-0.1, -0.05) is 0 Å².